The van der Waals surface area contributed by atoms with E-state index in [-0.39, 0.29) is 6.42 Å². The van der Waals surface area contributed by atoms with Crippen molar-refractivity contribution in [3.05, 3.63) is 71.6 Å². The van der Waals surface area contributed by atoms with Crippen molar-refractivity contribution in [2.75, 3.05) is 6.61 Å². The SMILES string of the molecule is CCOc1ccc(C(=O)NNC(=O)Cc2nc(-c3ccccc3)oc2C)cc1. The molecule has 0 aliphatic heterocycles. The number of hydrogen-bond donors (Lipinski definition) is 2. The van der Waals surface area contributed by atoms with Gasteiger partial charge < -0.3 is 9.15 Å². The van der Waals surface area contributed by atoms with Crippen LogP contribution in [0, 0.1) is 6.92 Å². The Hall–Kier alpha value is -3.61. The largest absolute Gasteiger partial charge is 0.494 e. The third kappa shape index (κ3) is 4.76. The highest BCUT2D eigenvalue weighted by atomic mass is 16.5. The number of hydrazine groups is 1. The first-order valence-electron chi connectivity index (χ1n) is 8.90. The number of nitrogens with one attached hydrogen (secondary N) is 2. The molecule has 0 saturated heterocycles. The van der Waals surface area contributed by atoms with Gasteiger partial charge in [-0.2, -0.15) is 0 Å². The Morgan fingerprint density at radius 2 is 1.75 bits per heavy atom. The van der Waals surface area contributed by atoms with Crippen LogP contribution in [-0.4, -0.2) is 23.4 Å². The van der Waals surface area contributed by atoms with Gasteiger partial charge in [0.05, 0.1) is 18.7 Å². The minimum Gasteiger partial charge on any atom is -0.494 e. The molecule has 2 aromatic carbocycles. The Balaban J connectivity index is 1.56. The first kappa shape index (κ1) is 19.2. The van der Waals surface area contributed by atoms with E-state index in [0.29, 0.717) is 35.3 Å². The second-order valence-corrected chi connectivity index (χ2v) is 6.02. The second-order valence-electron chi connectivity index (χ2n) is 6.02. The molecule has 7 nitrogen and oxygen atoms in total. The molecule has 0 atom stereocenters. The summed E-state index contributed by atoms with van der Waals surface area (Å²) in [7, 11) is 0. The van der Waals surface area contributed by atoms with Gasteiger partial charge in [-0.1, -0.05) is 18.2 Å². The van der Waals surface area contributed by atoms with Crippen LogP contribution in [0.2, 0.25) is 0 Å². The molecule has 0 fully saturated rings. The van der Waals surface area contributed by atoms with Crippen LogP contribution in [0.1, 0.15) is 28.7 Å². The molecule has 28 heavy (non-hydrogen) atoms. The lowest BCUT2D eigenvalue weighted by molar-refractivity contribution is -0.121. The van der Waals surface area contributed by atoms with Crippen molar-refractivity contribution in [3.63, 3.8) is 0 Å². The zero-order chi connectivity index (χ0) is 19.9. The number of aryl methyl sites for hydroxylation is 1. The van der Waals surface area contributed by atoms with E-state index in [9.17, 15) is 9.59 Å². The predicted molar refractivity (Wildman–Crippen MR) is 104 cm³/mol. The Kier molecular flexibility index (Phi) is 6.06. The molecule has 0 spiro atoms. The maximum Gasteiger partial charge on any atom is 0.269 e. The standard InChI is InChI=1S/C21H21N3O4/c1-3-27-17-11-9-15(10-12-17)20(26)24-23-19(25)13-18-14(2)28-21(22-18)16-7-5-4-6-8-16/h4-12H,3,13H2,1-2H3,(H,23,25)(H,24,26). The van der Waals surface area contributed by atoms with Gasteiger partial charge in [0.1, 0.15) is 11.5 Å². The van der Waals surface area contributed by atoms with Gasteiger partial charge in [0.25, 0.3) is 5.91 Å². The number of amides is 2. The fraction of sp³-hybridized carbons (Fsp3) is 0.190. The molecule has 0 saturated carbocycles. The van der Waals surface area contributed by atoms with Gasteiger partial charge >= 0.3 is 0 Å². The fourth-order valence-electron chi connectivity index (χ4n) is 2.56. The lowest BCUT2D eigenvalue weighted by Gasteiger charge is -2.08. The summed E-state index contributed by atoms with van der Waals surface area (Å²) in [6.45, 7) is 4.19. The first-order chi connectivity index (χ1) is 13.6. The van der Waals surface area contributed by atoms with Crippen molar-refractivity contribution >= 4 is 11.8 Å². The minimum absolute atomic E-state index is 0.00821. The number of ether oxygens (including phenoxy) is 1. The maximum absolute atomic E-state index is 12.2. The van der Waals surface area contributed by atoms with Gasteiger partial charge in [-0.05, 0) is 50.2 Å². The smallest absolute Gasteiger partial charge is 0.269 e. The Labute approximate surface area is 162 Å². The molecule has 7 heteroatoms. The van der Waals surface area contributed by atoms with E-state index >= 15 is 0 Å². The number of nitrogens with zero attached hydrogens (tertiary/aromatic N) is 1. The van der Waals surface area contributed by atoms with E-state index in [2.05, 4.69) is 15.8 Å². The summed E-state index contributed by atoms with van der Waals surface area (Å²) in [6, 6.07) is 16.1. The molecule has 2 N–H and O–H groups in total. The van der Waals surface area contributed by atoms with Crippen molar-refractivity contribution in [1.82, 2.24) is 15.8 Å². The van der Waals surface area contributed by atoms with Gasteiger partial charge in [-0.25, -0.2) is 4.98 Å². The topological polar surface area (TPSA) is 93.5 Å². The van der Waals surface area contributed by atoms with Crippen molar-refractivity contribution in [1.29, 1.82) is 0 Å². The molecule has 3 rings (SSSR count). The molecular weight excluding hydrogens is 358 g/mol. The number of carbonyl (C=O) groups excluding carboxylic acids is 2. The monoisotopic (exact) mass is 379 g/mol. The molecule has 0 bridgehead atoms. The van der Waals surface area contributed by atoms with E-state index in [1.807, 2.05) is 37.3 Å². The average Bonchev–Trinajstić information content (AvgIpc) is 3.08. The third-order valence-corrected chi connectivity index (χ3v) is 3.98. The average molecular weight is 379 g/mol. The molecule has 0 aliphatic carbocycles. The van der Waals surface area contributed by atoms with Gasteiger partial charge in [-0.3, -0.25) is 20.4 Å². The van der Waals surface area contributed by atoms with Crippen molar-refractivity contribution < 1.29 is 18.7 Å². The highest BCUT2D eigenvalue weighted by Crippen LogP contribution is 2.21. The summed E-state index contributed by atoms with van der Waals surface area (Å²) in [5.74, 6) is 0.888. The number of benzene rings is 2. The van der Waals surface area contributed by atoms with E-state index in [0.717, 1.165) is 5.56 Å². The van der Waals surface area contributed by atoms with Crippen LogP contribution in [0.3, 0.4) is 0 Å². The van der Waals surface area contributed by atoms with Crippen LogP contribution in [0.4, 0.5) is 0 Å². The Bertz CT molecular complexity index is 950. The second kappa shape index (κ2) is 8.85. The lowest BCUT2D eigenvalue weighted by atomic mass is 10.2. The van der Waals surface area contributed by atoms with Crippen molar-refractivity contribution in [2.45, 2.75) is 20.3 Å². The van der Waals surface area contributed by atoms with Crippen LogP contribution in [0.25, 0.3) is 11.5 Å². The number of carbonyl (C=O) groups is 2. The van der Waals surface area contributed by atoms with E-state index in [1.54, 1.807) is 31.2 Å². The summed E-state index contributed by atoms with van der Waals surface area (Å²) in [6.07, 6.45) is -0.00821. The molecule has 2 amide bonds. The fourth-order valence-corrected chi connectivity index (χ4v) is 2.56. The van der Waals surface area contributed by atoms with Crippen LogP contribution >= 0.6 is 0 Å². The summed E-state index contributed by atoms with van der Waals surface area (Å²) in [5, 5.41) is 0. The summed E-state index contributed by atoms with van der Waals surface area (Å²) >= 11 is 0. The van der Waals surface area contributed by atoms with E-state index in [1.165, 1.54) is 0 Å². The number of hydrogen-bond acceptors (Lipinski definition) is 5. The normalized spacial score (nSPS) is 10.4. The molecule has 0 aliphatic rings. The quantitative estimate of drug-likeness (QED) is 0.642. The number of oxazole rings is 1. The van der Waals surface area contributed by atoms with E-state index < -0.39 is 11.8 Å². The van der Waals surface area contributed by atoms with Gasteiger partial charge in [0.2, 0.25) is 11.8 Å². The Morgan fingerprint density at radius 3 is 2.43 bits per heavy atom. The molecule has 1 heterocycles. The molecule has 1 aromatic heterocycles. The third-order valence-electron chi connectivity index (χ3n) is 3.98. The zero-order valence-electron chi connectivity index (χ0n) is 15.7. The lowest BCUT2D eigenvalue weighted by Crippen LogP contribution is -2.42. The van der Waals surface area contributed by atoms with Gasteiger partial charge in [-0.15, -0.1) is 0 Å². The molecule has 0 radical (unpaired) electrons. The Morgan fingerprint density at radius 1 is 1.04 bits per heavy atom. The van der Waals surface area contributed by atoms with Crippen LogP contribution in [-0.2, 0) is 11.2 Å². The first-order valence-corrected chi connectivity index (χ1v) is 8.90. The maximum atomic E-state index is 12.2. The highest BCUT2D eigenvalue weighted by Gasteiger charge is 2.15. The summed E-state index contributed by atoms with van der Waals surface area (Å²) in [4.78, 5) is 28.7. The molecule has 144 valence electrons. The van der Waals surface area contributed by atoms with Crippen molar-refractivity contribution in [3.8, 4) is 17.2 Å². The predicted octanol–water partition coefficient (Wildman–Crippen LogP) is 3.05. The van der Waals surface area contributed by atoms with Crippen molar-refractivity contribution in [2.24, 2.45) is 0 Å². The van der Waals surface area contributed by atoms with Crippen LogP contribution < -0.4 is 15.6 Å². The zero-order valence-corrected chi connectivity index (χ0v) is 15.7. The molecule has 0 unspecified atom stereocenters. The van der Waals surface area contributed by atoms with Crippen LogP contribution in [0.15, 0.2) is 59.0 Å². The minimum atomic E-state index is -0.418. The number of aromatic nitrogens is 1. The van der Waals surface area contributed by atoms with Gasteiger partial charge in [0, 0.05) is 11.1 Å². The van der Waals surface area contributed by atoms with Crippen LogP contribution in [0.5, 0.6) is 5.75 Å². The molecular formula is C21H21N3O4. The van der Waals surface area contributed by atoms with Gasteiger partial charge in [0.15, 0.2) is 0 Å². The number of rotatable bonds is 6. The summed E-state index contributed by atoms with van der Waals surface area (Å²) < 4.78 is 11.0. The summed E-state index contributed by atoms with van der Waals surface area (Å²) in [5.41, 5.74) is 6.55. The van der Waals surface area contributed by atoms with E-state index in [4.69, 9.17) is 9.15 Å². The molecule has 3 aromatic rings. The highest BCUT2D eigenvalue weighted by molar-refractivity contribution is 5.95.